The molecule has 0 unspecified atom stereocenters. The highest BCUT2D eigenvalue weighted by molar-refractivity contribution is 5.75. The number of phenols is 1. The lowest BCUT2D eigenvalue weighted by Gasteiger charge is -2.50. The van der Waals surface area contributed by atoms with E-state index in [1.54, 1.807) is 13.0 Å². The van der Waals surface area contributed by atoms with Gasteiger partial charge in [0.15, 0.2) is 0 Å². The molecule has 0 aromatic heterocycles. The summed E-state index contributed by atoms with van der Waals surface area (Å²) in [5, 5.41) is 19.3. The normalized spacial score (nSPS) is 33.8. The Balaban J connectivity index is 1.97. The second-order valence-electron chi connectivity index (χ2n) is 7.04. The van der Waals surface area contributed by atoms with Gasteiger partial charge in [-0.15, -0.1) is 0 Å². The van der Waals surface area contributed by atoms with Gasteiger partial charge in [0, 0.05) is 0 Å². The number of benzene rings is 1. The molecule has 0 amide bonds. The Labute approximate surface area is 130 Å². The summed E-state index contributed by atoms with van der Waals surface area (Å²) in [5.74, 6) is -0.101. The summed E-state index contributed by atoms with van der Waals surface area (Å²) in [4.78, 5) is 11.8. The molecule has 1 fully saturated rings. The predicted molar refractivity (Wildman–Crippen MR) is 81.7 cm³/mol. The van der Waals surface area contributed by atoms with Crippen molar-refractivity contribution in [3.63, 3.8) is 0 Å². The molecule has 0 bridgehead atoms. The van der Waals surface area contributed by atoms with Gasteiger partial charge in [0.2, 0.25) is 0 Å². The standard InChI is InChI=1S/C18H23FO3/c1-18(17(21)22)8-6-14-13-5-3-12(20)10-11(13)2-4-15(14)16(18)7-9-19/h3,5,10,14-16,20H,2,4,6-9H2,1H3,(H,21,22)/t14-,15-,16+,18+/m1/s1/i19-1. The molecule has 22 heavy (non-hydrogen) atoms. The Morgan fingerprint density at radius 3 is 2.86 bits per heavy atom. The zero-order valence-electron chi connectivity index (χ0n) is 12.9. The highest BCUT2D eigenvalue weighted by atomic mass is 18.2. The maximum Gasteiger partial charge on any atom is 0.309 e. The minimum atomic E-state index is -0.818. The number of carbonyl (C=O) groups is 1. The third-order valence-electron chi connectivity index (χ3n) is 6.01. The lowest BCUT2D eigenvalue weighted by Crippen LogP contribution is -2.47. The van der Waals surface area contributed by atoms with E-state index in [1.807, 2.05) is 12.1 Å². The van der Waals surface area contributed by atoms with Crippen LogP contribution in [0.25, 0.3) is 0 Å². The molecule has 1 aromatic rings. The number of hydrogen-bond acceptors (Lipinski definition) is 2. The van der Waals surface area contributed by atoms with Crippen molar-refractivity contribution in [2.75, 3.05) is 6.67 Å². The van der Waals surface area contributed by atoms with Gasteiger partial charge >= 0.3 is 5.97 Å². The van der Waals surface area contributed by atoms with Crippen LogP contribution >= 0.6 is 0 Å². The first-order valence-electron chi connectivity index (χ1n) is 8.08. The number of aliphatic carboxylic acids is 1. The predicted octanol–water partition coefficient (Wildman–Crippen LogP) is 3.90. The van der Waals surface area contributed by atoms with Crippen molar-refractivity contribution in [3.8, 4) is 5.75 Å². The zero-order chi connectivity index (χ0) is 15.9. The molecule has 0 radical (unpaired) electrons. The van der Waals surface area contributed by atoms with Crippen LogP contribution in [0.15, 0.2) is 18.2 Å². The molecule has 3 rings (SSSR count). The summed E-state index contributed by atoms with van der Waals surface area (Å²) < 4.78 is 13.1. The van der Waals surface area contributed by atoms with Crippen LogP contribution in [0.4, 0.5) is 4.39 Å². The third-order valence-corrected chi connectivity index (χ3v) is 6.01. The molecule has 2 aliphatic carbocycles. The summed E-state index contributed by atoms with van der Waals surface area (Å²) in [6.45, 7) is 1.33. The first-order valence-corrected chi connectivity index (χ1v) is 8.08. The van der Waals surface area contributed by atoms with Gasteiger partial charge in [-0.1, -0.05) is 6.07 Å². The second kappa shape index (κ2) is 5.56. The molecule has 4 heteroatoms. The monoisotopic (exact) mass is 305 g/mol. The topological polar surface area (TPSA) is 57.5 Å². The zero-order valence-corrected chi connectivity index (χ0v) is 12.9. The summed E-state index contributed by atoms with van der Waals surface area (Å²) >= 11 is 0. The van der Waals surface area contributed by atoms with E-state index in [1.165, 1.54) is 11.1 Å². The smallest absolute Gasteiger partial charge is 0.309 e. The lowest BCUT2D eigenvalue weighted by molar-refractivity contribution is -0.157. The molecule has 2 N–H and O–H groups in total. The largest absolute Gasteiger partial charge is 0.508 e. The maximum absolute atomic E-state index is 13.1. The summed E-state index contributed by atoms with van der Waals surface area (Å²) in [5.41, 5.74) is 1.58. The number of rotatable bonds is 3. The number of halogens is 1. The van der Waals surface area contributed by atoms with Crippen molar-refractivity contribution in [1.82, 2.24) is 0 Å². The molecule has 0 aliphatic heterocycles. The third kappa shape index (κ3) is 2.29. The van der Waals surface area contributed by atoms with Gasteiger partial charge < -0.3 is 10.2 Å². The summed E-state index contributed by atoms with van der Waals surface area (Å²) in [7, 11) is 0. The molecule has 0 saturated heterocycles. The van der Waals surface area contributed by atoms with Gasteiger partial charge in [-0.05, 0) is 80.0 Å². The molecule has 0 heterocycles. The molecular weight excluding hydrogens is 282 g/mol. The second-order valence-corrected chi connectivity index (χ2v) is 7.04. The van der Waals surface area contributed by atoms with Crippen molar-refractivity contribution >= 4 is 5.97 Å². The Bertz CT molecular complexity index is 586. The first-order chi connectivity index (χ1) is 10.5. The van der Waals surface area contributed by atoms with Gasteiger partial charge in [0.1, 0.15) is 5.75 Å². The van der Waals surface area contributed by atoms with Crippen LogP contribution in [-0.2, 0) is 11.2 Å². The van der Waals surface area contributed by atoms with Crippen molar-refractivity contribution in [1.29, 1.82) is 0 Å². The number of fused-ring (bicyclic) bond motifs is 3. The van der Waals surface area contributed by atoms with E-state index in [9.17, 15) is 19.4 Å². The molecule has 0 spiro atoms. The van der Waals surface area contributed by atoms with Crippen LogP contribution < -0.4 is 0 Å². The summed E-state index contributed by atoms with van der Waals surface area (Å²) in [6.07, 6.45) is 3.47. The fraction of sp³-hybridized carbons (Fsp3) is 0.611. The van der Waals surface area contributed by atoms with Crippen LogP contribution in [0.2, 0.25) is 0 Å². The highest BCUT2D eigenvalue weighted by Gasteiger charge is 2.51. The van der Waals surface area contributed by atoms with Gasteiger partial charge in [0.25, 0.3) is 0 Å². The van der Waals surface area contributed by atoms with Crippen molar-refractivity contribution in [2.24, 2.45) is 17.3 Å². The Morgan fingerprint density at radius 2 is 2.18 bits per heavy atom. The number of aromatic hydroxyl groups is 1. The maximum atomic E-state index is 13.1. The van der Waals surface area contributed by atoms with E-state index >= 15 is 0 Å². The molecular formula is C18H23FO3. The first kappa shape index (κ1) is 15.3. The van der Waals surface area contributed by atoms with Gasteiger partial charge in [-0.2, -0.15) is 0 Å². The lowest BCUT2D eigenvalue weighted by atomic mass is 9.54. The van der Waals surface area contributed by atoms with E-state index in [4.69, 9.17) is 0 Å². The summed E-state index contributed by atoms with van der Waals surface area (Å²) in [6, 6.07) is 5.49. The number of aryl methyl sites for hydroxylation is 1. The number of phenolic OH excluding ortho intramolecular Hbond substituents is 1. The van der Waals surface area contributed by atoms with Crippen molar-refractivity contribution in [3.05, 3.63) is 29.3 Å². The quantitative estimate of drug-likeness (QED) is 0.890. The van der Waals surface area contributed by atoms with Gasteiger partial charge in [-0.3, -0.25) is 9.18 Å². The fourth-order valence-electron chi connectivity index (χ4n) is 4.80. The van der Waals surface area contributed by atoms with E-state index in [2.05, 4.69) is 0 Å². The van der Waals surface area contributed by atoms with Crippen molar-refractivity contribution in [2.45, 2.75) is 44.9 Å². The average molecular weight is 305 g/mol. The van der Waals surface area contributed by atoms with E-state index < -0.39 is 18.1 Å². The van der Waals surface area contributed by atoms with Crippen LogP contribution in [-0.4, -0.2) is 22.9 Å². The van der Waals surface area contributed by atoms with E-state index in [-0.39, 0.29) is 17.6 Å². The minimum absolute atomic E-state index is 0.115. The number of carboxylic acids is 1. The fourth-order valence-corrected chi connectivity index (χ4v) is 4.80. The average Bonchev–Trinajstić information content (AvgIpc) is 2.49. The molecule has 1 aromatic carbocycles. The Kier molecular flexibility index (Phi) is 3.87. The van der Waals surface area contributed by atoms with Gasteiger partial charge in [0.05, 0.1) is 12.1 Å². The van der Waals surface area contributed by atoms with Crippen molar-refractivity contribution < 1.29 is 19.4 Å². The number of carboxylic acid groups (broad SMARTS) is 1. The van der Waals surface area contributed by atoms with Crippen LogP contribution in [0, 0.1) is 17.3 Å². The SMILES string of the molecule is C[C@]1(C(=O)O)CC[C@@H]2c3ccc(O)cc3CC[C@H]2[C@@H]1CC[18F]. The molecule has 120 valence electrons. The molecule has 4 atom stereocenters. The number of hydrogen-bond donors (Lipinski definition) is 2. The van der Waals surface area contributed by atoms with E-state index in [0.29, 0.717) is 18.8 Å². The van der Waals surface area contributed by atoms with Crippen LogP contribution in [0.1, 0.15) is 49.7 Å². The van der Waals surface area contributed by atoms with Crippen LogP contribution in [0.5, 0.6) is 5.75 Å². The minimum Gasteiger partial charge on any atom is -0.508 e. The molecule has 3 nitrogen and oxygen atoms in total. The van der Waals surface area contributed by atoms with Crippen LogP contribution in [0.3, 0.4) is 0 Å². The highest BCUT2D eigenvalue weighted by Crippen LogP contribution is 2.56. The van der Waals surface area contributed by atoms with E-state index in [0.717, 1.165) is 19.3 Å². The number of alkyl halides is 1. The molecule has 2 aliphatic rings. The Hall–Kier alpha value is -1.58. The molecule has 1 saturated carbocycles. The Morgan fingerprint density at radius 1 is 1.41 bits per heavy atom. The van der Waals surface area contributed by atoms with Gasteiger partial charge in [-0.25, -0.2) is 0 Å².